The van der Waals surface area contributed by atoms with Crippen molar-refractivity contribution in [2.75, 3.05) is 23.4 Å². The highest BCUT2D eigenvalue weighted by atomic mass is 79.9. The van der Waals surface area contributed by atoms with E-state index in [2.05, 4.69) is 26.6 Å². The molecule has 3 amide bonds. The molecule has 10 nitrogen and oxygen atoms in total. The Morgan fingerprint density at radius 1 is 1.10 bits per heavy atom. The second kappa shape index (κ2) is 13.6. The average molecular weight is 762 g/mol. The van der Waals surface area contributed by atoms with Gasteiger partial charge in [0.05, 0.1) is 43.4 Å². The monoisotopic (exact) mass is 760 g/mol. The number of carbonyl (C=O) groups is 3. The average Bonchev–Trinajstić information content (AvgIpc) is 3.78. The SMILES string of the molecule is C[C@@H]1[C@@H]([Si](C)(C)O)[C@H](CC(=O)N2Cc3ccccc3C[C@H]2CO)O[C@@]12C(=O)N(Cc1cccc(NC(=O)[C@H]3CCCN3)c1)c1ccc(Br)cc12. The molecule has 4 heterocycles. The van der Waals surface area contributed by atoms with Crippen molar-refractivity contribution in [2.45, 2.75) is 88.1 Å². The molecule has 0 saturated carbocycles. The molecule has 12 heteroatoms. The maximum atomic E-state index is 14.9. The molecule has 3 aromatic rings. The van der Waals surface area contributed by atoms with Crippen molar-refractivity contribution in [2.24, 2.45) is 5.92 Å². The van der Waals surface area contributed by atoms with E-state index in [-0.39, 0.29) is 49.4 Å². The number of carbonyl (C=O) groups excluding carboxylic acids is 3. The molecule has 2 saturated heterocycles. The summed E-state index contributed by atoms with van der Waals surface area (Å²) in [6.45, 7) is 6.96. The molecule has 7 rings (SSSR count). The van der Waals surface area contributed by atoms with Crippen molar-refractivity contribution in [1.29, 1.82) is 0 Å². The summed E-state index contributed by atoms with van der Waals surface area (Å²) in [4.78, 5) is 57.1. The van der Waals surface area contributed by atoms with E-state index in [1.165, 1.54) is 0 Å². The fraction of sp³-hybridized carbons (Fsp3) is 0.447. The van der Waals surface area contributed by atoms with Crippen LogP contribution >= 0.6 is 15.9 Å². The van der Waals surface area contributed by atoms with Crippen LogP contribution in [-0.4, -0.2) is 72.2 Å². The van der Waals surface area contributed by atoms with Gasteiger partial charge >= 0.3 is 0 Å². The van der Waals surface area contributed by atoms with Crippen molar-refractivity contribution in [1.82, 2.24) is 10.2 Å². The van der Waals surface area contributed by atoms with E-state index in [4.69, 9.17) is 4.74 Å². The van der Waals surface area contributed by atoms with Crippen LogP contribution in [0, 0.1) is 5.92 Å². The summed E-state index contributed by atoms with van der Waals surface area (Å²) in [5.41, 5.74) is 3.27. The van der Waals surface area contributed by atoms with Crippen LogP contribution in [0.15, 0.2) is 71.2 Å². The molecule has 50 heavy (non-hydrogen) atoms. The van der Waals surface area contributed by atoms with Crippen molar-refractivity contribution in [3.05, 3.63) is 93.5 Å². The van der Waals surface area contributed by atoms with Gasteiger partial charge in [0.25, 0.3) is 5.91 Å². The predicted octanol–water partition coefficient (Wildman–Crippen LogP) is 4.82. The first-order chi connectivity index (χ1) is 23.9. The van der Waals surface area contributed by atoms with Crippen LogP contribution in [0.2, 0.25) is 18.6 Å². The van der Waals surface area contributed by atoms with Crippen LogP contribution in [0.25, 0.3) is 0 Å². The van der Waals surface area contributed by atoms with Gasteiger partial charge in [-0.2, -0.15) is 0 Å². The number of nitrogens with zero attached hydrogens (tertiary/aromatic N) is 2. The first kappa shape index (κ1) is 35.0. The number of halogens is 1. The zero-order chi connectivity index (χ0) is 35.4. The number of ether oxygens (including phenoxy) is 1. The smallest absolute Gasteiger partial charge is 0.264 e. The number of hydrogen-bond acceptors (Lipinski definition) is 7. The standard InChI is InChI=1S/C38H45BrN4O6Si/c1-23-35(50(2,3)48)33(19-34(45)42-21-26-10-5-4-9-25(26)17-29(42)22-44)49-38(23)30-18-27(39)13-14-32(30)43(37(38)47)20-24-8-6-11-28(16-24)41-36(46)31-12-7-15-40-31/h4-6,8-11,13-14,16,18,23,29,31,33,35,40,44,48H,7,12,15,17,19-22H2,1-3H3,(H,41,46)/t23-,29+,31-,33+,35-,38+/m1/s1. The zero-order valence-electron chi connectivity index (χ0n) is 28.7. The summed E-state index contributed by atoms with van der Waals surface area (Å²) in [5, 5.41) is 16.5. The Morgan fingerprint density at radius 2 is 1.88 bits per heavy atom. The Labute approximate surface area is 302 Å². The lowest BCUT2D eigenvalue weighted by molar-refractivity contribution is -0.151. The number of fused-ring (bicyclic) bond motifs is 3. The molecule has 3 aromatic carbocycles. The lowest BCUT2D eigenvalue weighted by Crippen LogP contribution is -2.48. The molecule has 0 bridgehead atoms. The van der Waals surface area contributed by atoms with Crippen LogP contribution in [0.4, 0.5) is 11.4 Å². The van der Waals surface area contributed by atoms with E-state index in [0.717, 1.165) is 40.5 Å². The highest BCUT2D eigenvalue weighted by Gasteiger charge is 2.66. The highest BCUT2D eigenvalue weighted by molar-refractivity contribution is 9.10. The van der Waals surface area contributed by atoms with Crippen LogP contribution in [0.3, 0.4) is 0 Å². The van der Waals surface area contributed by atoms with Gasteiger partial charge in [0.15, 0.2) is 13.9 Å². The molecule has 0 aromatic heterocycles. The molecule has 0 unspecified atom stereocenters. The molecule has 1 spiro atoms. The highest BCUT2D eigenvalue weighted by Crippen LogP contribution is 2.60. The fourth-order valence-corrected chi connectivity index (χ4v) is 11.7. The molecule has 0 aliphatic carbocycles. The molecular formula is C38H45BrN4O6Si. The molecule has 264 valence electrons. The van der Waals surface area contributed by atoms with E-state index in [0.29, 0.717) is 29.9 Å². The summed E-state index contributed by atoms with van der Waals surface area (Å²) in [6.07, 6.45) is 1.61. The van der Waals surface area contributed by atoms with Crippen LogP contribution in [0.5, 0.6) is 0 Å². The Bertz CT molecular complexity index is 1810. The predicted molar refractivity (Wildman–Crippen MR) is 197 cm³/mol. The third kappa shape index (κ3) is 6.24. The van der Waals surface area contributed by atoms with Crippen LogP contribution in [0.1, 0.15) is 48.4 Å². The van der Waals surface area contributed by atoms with Crippen molar-refractivity contribution in [3.63, 3.8) is 0 Å². The Kier molecular flexibility index (Phi) is 9.55. The van der Waals surface area contributed by atoms with Crippen molar-refractivity contribution in [3.8, 4) is 0 Å². The van der Waals surface area contributed by atoms with Gasteiger partial charge in [0, 0.05) is 33.7 Å². The lowest BCUT2D eigenvalue weighted by Gasteiger charge is -2.37. The van der Waals surface area contributed by atoms with Gasteiger partial charge in [0.1, 0.15) is 0 Å². The van der Waals surface area contributed by atoms with Gasteiger partial charge in [-0.1, -0.05) is 59.3 Å². The van der Waals surface area contributed by atoms with Gasteiger partial charge in [-0.05, 0) is 85.9 Å². The minimum absolute atomic E-state index is 0.0133. The third-order valence-corrected chi connectivity index (χ3v) is 14.1. The Hall–Kier alpha value is -3.39. The number of hydrogen-bond donors (Lipinski definition) is 4. The second-order valence-electron chi connectivity index (χ2n) is 14.8. The van der Waals surface area contributed by atoms with Gasteiger partial charge in [-0.15, -0.1) is 0 Å². The van der Waals surface area contributed by atoms with Gasteiger partial charge in [-0.3, -0.25) is 14.4 Å². The topological polar surface area (TPSA) is 131 Å². The van der Waals surface area contributed by atoms with Crippen molar-refractivity contribution < 1.29 is 29.0 Å². The summed E-state index contributed by atoms with van der Waals surface area (Å²) < 4.78 is 7.74. The molecular weight excluding hydrogens is 716 g/mol. The molecule has 2 fully saturated rings. The molecule has 0 radical (unpaired) electrons. The molecule has 4 aliphatic rings. The minimum atomic E-state index is -3.01. The van der Waals surface area contributed by atoms with Crippen LogP contribution < -0.4 is 15.5 Å². The molecule has 6 atom stereocenters. The van der Waals surface area contributed by atoms with E-state index in [1.54, 1.807) is 9.80 Å². The lowest BCUT2D eigenvalue weighted by atomic mass is 9.82. The van der Waals surface area contributed by atoms with Crippen molar-refractivity contribution >= 4 is 53.3 Å². The Morgan fingerprint density at radius 3 is 2.60 bits per heavy atom. The first-order valence-corrected chi connectivity index (χ1v) is 21.3. The normalized spacial score (nSPS) is 27.5. The first-order valence-electron chi connectivity index (χ1n) is 17.5. The zero-order valence-corrected chi connectivity index (χ0v) is 31.3. The maximum Gasteiger partial charge on any atom is 0.264 e. The van der Waals surface area contributed by atoms with E-state index >= 15 is 0 Å². The summed E-state index contributed by atoms with van der Waals surface area (Å²) in [5.74, 6) is -0.904. The number of aliphatic hydroxyl groups excluding tert-OH is 1. The third-order valence-electron chi connectivity index (χ3n) is 11.1. The van der Waals surface area contributed by atoms with E-state index in [1.807, 2.05) is 86.7 Å². The number of nitrogens with one attached hydrogen (secondary N) is 2. The van der Waals surface area contributed by atoms with Gasteiger partial charge in [-0.25, -0.2) is 0 Å². The summed E-state index contributed by atoms with van der Waals surface area (Å²) >= 11 is 3.62. The maximum absolute atomic E-state index is 14.9. The number of rotatable bonds is 8. The second-order valence-corrected chi connectivity index (χ2v) is 19.7. The fourth-order valence-electron chi connectivity index (χ4n) is 8.81. The molecule has 4 aliphatic heterocycles. The quantitative estimate of drug-likeness (QED) is 0.242. The summed E-state index contributed by atoms with van der Waals surface area (Å²) in [6, 6.07) is 20.7. The number of amides is 3. The van der Waals surface area contributed by atoms with Crippen LogP contribution in [-0.2, 0) is 44.2 Å². The van der Waals surface area contributed by atoms with E-state index < -0.39 is 31.5 Å². The van der Waals surface area contributed by atoms with E-state index in [9.17, 15) is 24.3 Å². The summed E-state index contributed by atoms with van der Waals surface area (Å²) in [7, 11) is -3.01. The minimum Gasteiger partial charge on any atom is -0.432 e. The number of benzene rings is 3. The number of anilines is 2. The van der Waals surface area contributed by atoms with Gasteiger partial charge < -0.3 is 35.1 Å². The van der Waals surface area contributed by atoms with Gasteiger partial charge in [0.2, 0.25) is 11.8 Å². The number of aliphatic hydroxyl groups is 1. The molecule has 4 N–H and O–H groups in total. The Balaban J connectivity index is 1.18. The largest absolute Gasteiger partial charge is 0.432 e.